The third kappa shape index (κ3) is 4.73. The van der Waals surface area contributed by atoms with Crippen molar-refractivity contribution < 1.29 is 14.7 Å². The molecule has 132 valence electrons. The van der Waals surface area contributed by atoms with Gasteiger partial charge in [-0.05, 0) is 37.1 Å². The van der Waals surface area contributed by atoms with Crippen LogP contribution in [0.25, 0.3) is 0 Å². The molecule has 0 aliphatic rings. The van der Waals surface area contributed by atoms with Crippen LogP contribution in [-0.4, -0.2) is 28.5 Å². The molecule has 0 saturated carbocycles. The second kappa shape index (κ2) is 8.19. The Kier molecular flexibility index (Phi) is 6.00. The Bertz CT molecular complexity index is 774. The van der Waals surface area contributed by atoms with Crippen LogP contribution in [0, 0.1) is 6.92 Å². The van der Waals surface area contributed by atoms with Crippen molar-refractivity contribution in [1.82, 2.24) is 4.90 Å². The molecule has 0 aromatic heterocycles. The number of aromatic hydroxyl groups is 1. The van der Waals surface area contributed by atoms with E-state index in [9.17, 15) is 14.7 Å². The number of carbonyl (C=O) groups is 2. The molecule has 0 aliphatic carbocycles. The van der Waals surface area contributed by atoms with Crippen molar-refractivity contribution in [2.45, 2.75) is 26.8 Å². The van der Waals surface area contributed by atoms with Gasteiger partial charge >= 0.3 is 6.03 Å². The van der Waals surface area contributed by atoms with E-state index in [1.54, 1.807) is 41.3 Å². The SMILES string of the molecule is CCCN(Cc1ccccc1O)C(=O)Nc1cc(C(N)=O)ccc1C. The van der Waals surface area contributed by atoms with Crippen LogP contribution in [0.1, 0.15) is 34.8 Å². The number of amides is 3. The summed E-state index contributed by atoms with van der Waals surface area (Å²) in [5.74, 6) is -0.390. The normalized spacial score (nSPS) is 10.3. The van der Waals surface area contributed by atoms with Gasteiger partial charge in [0.15, 0.2) is 0 Å². The fourth-order valence-corrected chi connectivity index (χ4v) is 2.48. The van der Waals surface area contributed by atoms with E-state index in [0.29, 0.717) is 29.9 Å². The van der Waals surface area contributed by atoms with Crippen molar-refractivity contribution in [3.63, 3.8) is 0 Å². The quantitative estimate of drug-likeness (QED) is 0.752. The summed E-state index contributed by atoms with van der Waals surface area (Å²) < 4.78 is 0. The molecular weight excluding hydrogens is 318 g/mol. The van der Waals surface area contributed by atoms with Crippen molar-refractivity contribution in [1.29, 1.82) is 0 Å². The first-order valence-corrected chi connectivity index (χ1v) is 8.15. The number of anilines is 1. The Balaban J connectivity index is 2.19. The maximum Gasteiger partial charge on any atom is 0.322 e. The molecule has 6 nitrogen and oxygen atoms in total. The molecule has 0 fully saturated rings. The number of phenols is 1. The molecule has 2 aromatic rings. The van der Waals surface area contributed by atoms with E-state index in [0.717, 1.165) is 12.0 Å². The average molecular weight is 341 g/mol. The van der Waals surface area contributed by atoms with Crippen molar-refractivity contribution in [2.24, 2.45) is 5.73 Å². The number of urea groups is 1. The number of aryl methyl sites for hydroxylation is 1. The molecule has 0 bridgehead atoms. The highest BCUT2D eigenvalue weighted by molar-refractivity contribution is 5.96. The molecule has 0 heterocycles. The molecule has 25 heavy (non-hydrogen) atoms. The van der Waals surface area contributed by atoms with Crippen molar-refractivity contribution >= 4 is 17.6 Å². The Labute approximate surface area is 147 Å². The Morgan fingerprint density at radius 2 is 1.92 bits per heavy atom. The second-order valence-corrected chi connectivity index (χ2v) is 5.87. The first-order valence-electron chi connectivity index (χ1n) is 8.15. The standard InChI is InChI=1S/C19H23N3O3/c1-3-10-22(12-15-6-4-5-7-17(15)23)19(25)21-16-11-14(18(20)24)9-8-13(16)2/h4-9,11,23H,3,10,12H2,1-2H3,(H2,20,24)(H,21,25). The summed E-state index contributed by atoms with van der Waals surface area (Å²) in [6.07, 6.45) is 0.779. The van der Waals surface area contributed by atoms with Gasteiger partial charge in [0.25, 0.3) is 0 Å². The van der Waals surface area contributed by atoms with E-state index in [1.807, 2.05) is 19.9 Å². The third-order valence-corrected chi connectivity index (χ3v) is 3.90. The van der Waals surface area contributed by atoms with E-state index < -0.39 is 5.91 Å². The van der Waals surface area contributed by atoms with Crippen LogP contribution >= 0.6 is 0 Å². The second-order valence-electron chi connectivity index (χ2n) is 5.87. The minimum absolute atomic E-state index is 0.156. The molecule has 0 aliphatic heterocycles. The molecule has 0 spiro atoms. The van der Waals surface area contributed by atoms with E-state index >= 15 is 0 Å². The number of nitrogens with two attached hydrogens (primary N) is 1. The summed E-state index contributed by atoms with van der Waals surface area (Å²) in [6, 6.07) is 11.6. The van der Waals surface area contributed by atoms with Crippen LogP contribution in [0.4, 0.5) is 10.5 Å². The topological polar surface area (TPSA) is 95.7 Å². The van der Waals surface area contributed by atoms with Crippen LogP contribution in [0.5, 0.6) is 5.75 Å². The predicted octanol–water partition coefficient (Wildman–Crippen LogP) is 3.24. The number of phenolic OH excluding ortho intramolecular Hbond substituents is 1. The fraction of sp³-hybridized carbons (Fsp3) is 0.263. The minimum Gasteiger partial charge on any atom is -0.508 e. The number of rotatable bonds is 6. The zero-order valence-electron chi connectivity index (χ0n) is 14.5. The lowest BCUT2D eigenvalue weighted by Gasteiger charge is -2.23. The monoisotopic (exact) mass is 341 g/mol. The Morgan fingerprint density at radius 3 is 2.56 bits per heavy atom. The Hall–Kier alpha value is -3.02. The molecule has 0 saturated heterocycles. The highest BCUT2D eigenvalue weighted by atomic mass is 16.3. The highest BCUT2D eigenvalue weighted by Gasteiger charge is 2.16. The Morgan fingerprint density at radius 1 is 1.20 bits per heavy atom. The molecule has 3 amide bonds. The number of hydrogen-bond donors (Lipinski definition) is 3. The van der Waals surface area contributed by atoms with Crippen molar-refractivity contribution in [3.8, 4) is 5.75 Å². The van der Waals surface area contributed by atoms with Crippen LogP contribution in [0.3, 0.4) is 0 Å². The number of nitrogens with one attached hydrogen (secondary N) is 1. The van der Waals surface area contributed by atoms with Gasteiger partial charge in [-0.15, -0.1) is 0 Å². The van der Waals surface area contributed by atoms with Crippen LogP contribution in [0.15, 0.2) is 42.5 Å². The number of hydrogen-bond acceptors (Lipinski definition) is 3. The molecule has 0 unspecified atom stereocenters. The summed E-state index contributed by atoms with van der Waals surface area (Å²) in [6.45, 7) is 4.65. The van der Waals surface area contributed by atoms with Gasteiger partial charge in [0.05, 0.1) is 6.54 Å². The zero-order chi connectivity index (χ0) is 18.4. The number of carbonyl (C=O) groups excluding carboxylic acids is 2. The van der Waals surface area contributed by atoms with E-state index in [4.69, 9.17) is 5.73 Å². The van der Waals surface area contributed by atoms with E-state index in [-0.39, 0.29) is 11.8 Å². The van der Waals surface area contributed by atoms with Crippen LogP contribution in [0.2, 0.25) is 0 Å². The summed E-state index contributed by atoms with van der Waals surface area (Å²) in [7, 11) is 0. The van der Waals surface area contributed by atoms with Gasteiger partial charge in [0.1, 0.15) is 5.75 Å². The van der Waals surface area contributed by atoms with Gasteiger partial charge in [0, 0.05) is 23.4 Å². The molecular formula is C19H23N3O3. The first kappa shape index (κ1) is 18.3. The number of benzene rings is 2. The summed E-state index contributed by atoms with van der Waals surface area (Å²) in [5.41, 5.74) is 7.68. The predicted molar refractivity (Wildman–Crippen MR) is 97.5 cm³/mol. The number of primary amides is 1. The fourth-order valence-electron chi connectivity index (χ4n) is 2.48. The minimum atomic E-state index is -0.546. The van der Waals surface area contributed by atoms with Gasteiger partial charge in [0.2, 0.25) is 5.91 Å². The third-order valence-electron chi connectivity index (χ3n) is 3.90. The zero-order valence-corrected chi connectivity index (χ0v) is 14.5. The van der Waals surface area contributed by atoms with E-state index in [2.05, 4.69) is 5.32 Å². The molecule has 0 atom stereocenters. The van der Waals surface area contributed by atoms with E-state index in [1.165, 1.54) is 0 Å². The van der Waals surface area contributed by atoms with Crippen molar-refractivity contribution in [2.75, 3.05) is 11.9 Å². The van der Waals surface area contributed by atoms with Crippen molar-refractivity contribution in [3.05, 3.63) is 59.2 Å². The van der Waals surface area contributed by atoms with Crippen LogP contribution in [-0.2, 0) is 6.54 Å². The molecule has 0 radical (unpaired) electrons. The lowest BCUT2D eigenvalue weighted by Crippen LogP contribution is -2.35. The van der Waals surface area contributed by atoms with Gasteiger partial charge in [-0.1, -0.05) is 31.2 Å². The summed E-state index contributed by atoms with van der Waals surface area (Å²) >= 11 is 0. The van der Waals surface area contributed by atoms with Gasteiger partial charge in [-0.25, -0.2) is 4.79 Å². The van der Waals surface area contributed by atoms with Gasteiger partial charge < -0.3 is 21.1 Å². The highest BCUT2D eigenvalue weighted by Crippen LogP contribution is 2.20. The lowest BCUT2D eigenvalue weighted by atomic mass is 10.1. The van der Waals surface area contributed by atoms with Gasteiger partial charge in [-0.3, -0.25) is 4.79 Å². The summed E-state index contributed by atoms with van der Waals surface area (Å²) in [4.78, 5) is 25.6. The lowest BCUT2D eigenvalue weighted by molar-refractivity contribution is 0.1000. The first-order chi connectivity index (χ1) is 11.9. The maximum absolute atomic E-state index is 12.7. The summed E-state index contributed by atoms with van der Waals surface area (Å²) in [5, 5.41) is 12.8. The number of para-hydroxylation sites is 1. The molecule has 4 N–H and O–H groups in total. The largest absolute Gasteiger partial charge is 0.508 e. The van der Waals surface area contributed by atoms with Gasteiger partial charge in [-0.2, -0.15) is 0 Å². The average Bonchev–Trinajstić information content (AvgIpc) is 2.58. The molecule has 2 rings (SSSR count). The number of nitrogens with zero attached hydrogens (tertiary/aromatic N) is 1. The van der Waals surface area contributed by atoms with Crippen LogP contribution < -0.4 is 11.1 Å². The smallest absolute Gasteiger partial charge is 0.322 e. The maximum atomic E-state index is 12.7. The molecule has 6 heteroatoms. The molecule has 2 aromatic carbocycles.